The molecule has 2 N–H and O–H groups in total. The molecule has 1 amide bonds. The number of carbonyl (C=O) groups excluding carboxylic acids is 1. The average molecular weight is 483 g/mol. The molecule has 1 aliphatic rings. The maximum atomic E-state index is 13.2. The second-order valence-corrected chi connectivity index (χ2v) is 8.59. The number of aliphatic hydroxyl groups is 1. The zero-order valence-electron chi connectivity index (χ0n) is 18.9. The van der Waals surface area contributed by atoms with Gasteiger partial charge in [0.05, 0.1) is 26.0 Å². The Bertz CT molecular complexity index is 1380. The Kier molecular flexibility index (Phi) is 6.03. The van der Waals surface area contributed by atoms with Gasteiger partial charge < -0.3 is 19.7 Å². The van der Waals surface area contributed by atoms with Gasteiger partial charge >= 0.3 is 0 Å². The number of hydrogen-bond acceptors (Lipinski definition) is 7. The molecular weight excluding hydrogens is 460 g/mol. The van der Waals surface area contributed by atoms with Gasteiger partial charge in [0.2, 0.25) is 5.92 Å². The van der Waals surface area contributed by atoms with Crippen LogP contribution in [0, 0.1) is 6.92 Å². The summed E-state index contributed by atoms with van der Waals surface area (Å²) in [6, 6.07) is 8.91. The SMILES string of the molecule is Cc1ccc(-c2nc(C3CC(F)(F)C3)no2)cc1NC(=O)c1cnc2cc(COCCO)ccn12. The number of nitrogens with zero attached hydrogens (tertiary/aromatic N) is 4. The van der Waals surface area contributed by atoms with Crippen LogP contribution in [0.1, 0.15) is 46.2 Å². The molecule has 0 spiro atoms. The Morgan fingerprint density at radius 3 is 2.91 bits per heavy atom. The Balaban J connectivity index is 1.32. The number of hydrogen-bond donors (Lipinski definition) is 2. The molecule has 1 fully saturated rings. The number of nitrogens with one attached hydrogen (secondary N) is 1. The smallest absolute Gasteiger partial charge is 0.274 e. The number of ether oxygens (including phenoxy) is 1. The number of amides is 1. The summed E-state index contributed by atoms with van der Waals surface area (Å²) < 4.78 is 38.6. The van der Waals surface area contributed by atoms with Gasteiger partial charge in [-0.15, -0.1) is 0 Å². The number of rotatable bonds is 8. The number of aliphatic hydroxyl groups excluding tert-OH is 1. The van der Waals surface area contributed by atoms with Crippen LogP contribution in [-0.2, 0) is 11.3 Å². The van der Waals surface area contributed by atoms with E-state index in [0.717, 1.165) is 11.1 Å². The number of aryl methyl sites for hydroxylation is 1. The topological polar surface area (TPSA) is 115 Å². The third kappa shape index (κ3) is 4.77. The maximum absolute atomic E-state index is 13.2. The molecular formula is C24H23F2N5O4. The van der Waals surface area contributed by atoms with Crippen LogP contribution in [0.4, 0.5) is 14.5 Å². The standard InChI is InChI=1S/C24H23F2N5O4/c1-14-2-3-16(23-29-21(30-35-23)17-10-24(25,26)11-17)9-18(14)28-22(33)19-12-27-20-8-15(4-5-31(19)20)13-34-7-6-32/h2-5,8-9,12,17,32H,6-7,10-11,13H2,1H3,(H,28,33). The minimum atomic E-state index is -2.67. The highest BCUT2D eigenvalue weighted by Gasteiger charge is 2.48. The van der Waals surface area contributed by atoms with Crippen molar-refractivity contribution in [2.24, 2.45) is 0 Å². The van der Waals surface area contributed by atoms with Crippen molar-refractivity contribution in [2.45, 2.75) is 38.2 Å². The fraction of sp³-hybridized carbons (Fsp3) is 0.333. The molecule has 5 rings (SSSR count). The molecule has 182 valence electrons. The zero-order chi connectivity index (χ0) is 24.6. The summed E-state index contributed by atoms with van der Waals surface area (Å²) in [7, 11) is 0. The van der Waals surface area contributed by atoms with Crippen LogP contribution in [0.3, 0.4) is 0 Å². The second kappa shape index (κ2) is 9.16. The Labute approximate surface area is 198 Å². The molecule has 4 aromatic rings. The van der Waals surface area contributed by atoms with Gasteiger partial charge in [0.25, 0.3) is 11.8 Å². The quantitative estimate of drug-likeness (QED) is 0.365. The molecule has 3 heterocycles. The molecule has 0 unspecified atom stereocenters. The summed E-state index contributed by atoms with van der Waals surface area (Å²) >= 11 is 0. The van der Waals surface area contributed by atoms with E-state index in [1.807, 2.05) is 19.1 Å². The Morgan fingerprint density at radius 2 is 2.14 bits per heavy atom. The van der Waals surface area contributed by atoms with E-state index < -0.39 is 11.8 Å². The van der Waals surface area contributed by atoms with Gasteiger partial charge in [0.1, 0.15) is 11.3 Å². The number of halogens is 2. The molecule has 0 bridgehead atoms. The lowest BCUT2D eigenvalue weighted by molar-refractivity contribution is -0.0888. The summed E-state index contributed by atoms with van der Waals surface area (Å²) in [4.78, 5) is 21.6. The van der Waals surface area contributed by atoms with E-state index >= 15 is 0 Å². The summed E-state index contributed by atoms with van der Waals surface area (Å²) in [5, 5.41) is 15.6. The number of pyridine rings is 1. The number of aromatic nitrogens is 4. The van der Waals surface area contributed by atoms with Crippen molar-refractivity contribution in [3.05, 3.63) is 65.4 Å². The molecule has 1 aromatic carbocycles. The van der Waals surface area contributed by atoms with Gasteiger partial charge in [0.15, 0.2) is 5.82 Å². The number of alkyl halides is 2. The molecule has 0 radical (unpaired) electrons. The highest BCUT2D eigenvalue weighted by molar-refractivity contribution is 6.04. The van der Waals surface area contributed by atoms with E-state index in [4.69, 9.17) is 14.4 Å². The minimum absolute atomic E-state index is 0.0519. The van der Waals surface area contributed by atoms with Crippen LogP contribution in [0.15, 0.2) is 47.2 Å². The van der Waals surface area contributed by atoms with Crippen molar-refractivity contribution in [1.29, 1.82) is 0 Å². The monoisotopic (exact) mass is 483 g/mol. The highest BCUT2D eigenvalue weighted by Crippen LogP contribution is 2.47. The van der Waals surface area contributed by atoms with Crippen molar-refractivity contribution in [1.82, 2.24) is 19.5 Å². The van der Waals surface area contributed by atoms with Gasteiger partial charge in [-0.3, -0.25) is 9.20 Å². The summed E-state index contributed by atoms with van der Waals surface area (Å²) in [6.45, 7) is 2.37. The van der Waals surface area contributed by atoms with Crippen LogP contribution >= 0.6 is 0 Å². The number of imidazole rings is 1. The van der Waals surface area contributed by atoms with E-state index in [0.29, 0.717) is 29.2 Å². The maximum Gasteiger partial charge on any atom is 0.274 e. The minimum Gasteiger partial charge on any atom is -0.394 e. The van der Waals surface area contributed by atoms with E-state index in [2.05, 4.69) is 20.4 Å². The van der Waals surface area contributed by atoms with E-state index in [-0.39, 0.29) is 43.7 Å². The third-order valence-corrected chi connectivity index (χ3v) is 5.94. The molecule has 11 heteroatoms. The van der Waals surface area contributed by atoms with Gasteiger partial charge in [-0.25, -0.2) is 13.8 Å². The van der Waals surface area contributed by atoms with Crippen molar-refractivity contribution in [3.8, 4) is 11.5 Å². The molecule has 9 nitrogen and oxygen atoms in total. The normalized spacial score (nSPS) is 15.3. The summed E-state index contributed by atoms with van der Waals surface area (Å²) in [5.74, 6) is -2.96. The van der Waals surface area contributed by atoms with Gasteiger partial charge in [-0.1, -0.05) is 11.2 Å². The van der Waals surface area contributed by atoms with Crippen molar-refractivity contribution in [3.63, 3.8) is 0 Å². The molecule has 0 aliphatic heterocycles. The van der Waals surface area contributed by atoms with E-state index in [1.165, 1.54) is 6.20 Å². The molecule has 1 aliphatic carbocycles. The molecule has 3 aromatic heterocycles. The van der Waals surface area contributed by atoms with Crippen LogP contribution in [0.25, 0.3) is 17.1 Å². The predicted molar refractivity (Wildman–Crippen MR) is 121 cm³/mol. The number of carbonyl (C=O) groups is 1. The van der Waals surface area contributed by atoms with E-state index in [1.54, 1.807) is 28.8 Å². The highest BCUT2D eigenvalue weighted by atomic mass is 19.3. The first-order valence-corrected chi connectivity index (χ1v) is 11.1. The largest absolute Gasteiger partial charge is 0.394 e. The van der Waals surface area contributed by atoms with Gasteiger partial charge in [-0.2, -0.15) is 4.98 Å². The zero-order valence-corrected chi connectivity index (χ0v) is 18.9. The fourth-order valence-corrected chi connectivity index (χ4v) is 3.97. The first-order valence-electron chi connectivity index (χ1n) is 11.1. The molecule has 0 atom stereocenters. The summed E-state index contributed by atoms with van der Waals surface area (Å²) in [6.07, 6.45) is 2.67. The van der Waals surface area contributed by atoms with Crippen LogP contribution < -0.4 is 5.32 Å². The van der Waals surface area contributed by atoms with Crippen molar-refractivity contribution >= 4 is 17.2 Å². The Morgan fingerprint density at radius 1 is 1.31 bits per heavy atom. The summed E-state index contributed by atoms with van der Waals surface area (Å²) in [5.41, 5.74) is 3.74. The second-order valence-electron chi connectivity index (χ2n) is 8.59. The van der Waals surface area contributed by atoms with Crippen LogP contribution in [-0.4, -0.2) is 49.7 Å². The lowest BCUT2D eigenvalue weighted by atomic mass is 9.81. The number of anilines is 1. The van der Waals surface area contributed by atoms with Gasteiger partial charge in [0, 0.05) is 36.2 Å². The van der Waals surface area contributed by atoms with Crippen LogP contribution in [0.2, 0.25) is 0 Å². The lowest BCUT2D eigenvalue weighted by Gasteiger charge is -2.32. The van der Waals surface area contributed by atoms with E-state index in [9.17, 15) is 13.6 Å². The van der Waals surface area contributed by atoms with Gasteiger partial charge in [-0.05, 0) is 42.3 Å². The molecule has 1 saturated carbocycles. The third-order valence-electron chi connectivity index (χ3n) is 5.94. The van der Waals surface area contributed by atoms with Crippen LogP contribution in [0.5, 0.6) is 0 Å². The van der Waals surface area contributed by atoms with Crippen molar-refractivity contribution < 1.29 is 27.9 Å². The average Bonchev–Trinajstić information content (AvgIpc) is 3.46. The first kappa shape index (κ1) is 23.1. The lowest BCUT2D eigenvalue weighted by Crippen LogP contribution is -2.34. The predicted octanol–water partition coefficient (Wildman–Crippen LogP) is 3.97. The van der Waals surface area contributed by atoms with Crippen molar-refractivity contribution in [2.75, 3.05) is 18.5 Å². The molecule has 35 heavy (non-hydrogen) atoms. The number of fused-ring (bicyclic) bond motifs is 1. The number of benzene rings is 1. The Hall–Kier alpha value is -3.70. The molecule has 0 saturated heterocycles. The fourth-order valence-electron chi connectivity index (χ4n) is 3.97. The first-order chi connectivity index (χ1) is 16.8.